The molecule has 3 N–H and O–H groups in total. The Hall–Kier alpha value is -3.15. The third-order valence-electron chi connectivity index (χ3n) is 6.83. The van der Waals surface area contributed by atoms with Crippen molar-refractivity contribution in [3.05, 3.63) is 53.1 Å². The van der Waals surface area contributed by atoms with Crippen molar-refractivity contribution in [2.75, 3.05) is 65.0 Å². The molecule has 2 fully saturated rings. The summed E-state index contributed by atoms with van der Waals surface area (Å²) in [4.78, 5) is 22.4. The van der Waals surface area contributed by atoms with Crippen molar-refractivity contribution in [1.82, 2.24) is 4.98 Å². The Labute approximate surface area is 224 Å². The number of hydrogen-bond donors (Lipinski definition) is 3. The maximum Gasteiger partial charge on any atom is 0.258 e. The molecule has 0 radical (unpaired) electrons. The van der Waals surface area contributed by atoms with E-state index in [0.717, 1.165) is 44.8 Å². The minimum absolute atomic E-state index is 0.107. The van der Waals surface area contributed by atoms with Gasteiger partial charge in [0.1, 0.15) is 11.6 Å². The van der Waals surface area contributed by atoms with Gasteiger partial charge in [-0.1, -0.05) is 17.2 Å². The van der Waals surface area contributed by atoms with Crippen molar-refractivity contribution < 1.29 is 23.1 Å². The summed E-state index contributed by atoms with van der Waals surface area (Å²) in [7, 11) is -3.70. The fourth-order valence-electron chi connectivity index (χ4n) is 4.80. The van der Waals surface area contributed by atoms with E-state index in [-0.39, 0.29) is 12.0 Å². The first kappa shape index (κ1) is 27.9. The van der Waals surface area contributed by atoms with Crippen LogP contribution in [-0.2, 0) is 14.8 Å². The van der Waals surface area contributed by atoms with Crippen molar-refractivity contribution in [3.8, 4) is 0 Å². The van der Waals surface area contributed by atoms with Crippen LogP contribution in [0.1, 0.15) is 44.0 Å². The molecule has 4 rings (SSSR count). The second kappa shape index (κ2) is 12.1. The van der Waals surface area contributed by atoms with Gasteiger partial charge in [-0.15, -0.1) is 0 Å². The van der Waals surface area contributed by atoms with Gasteiger partial charge in [-0.2, -0.15) is 0 Å². The number of hydrogen-bond acceptors (Lipinski definition) is 8. The number of anilines is 4. The van der Waals surface area contributed by atoms with Crippen molar-refractivity contribution in [2.45, 2.75) is 39.7 Å². The maximum atomic E-state index is 13.5. The summed E-state index contributed by atoms with van der Waals surface area (Å²) in [6, 6.07) is 10.4. The molecule has 2 aliphatic heterocycles. The van der Waals surface area contributed by atoms with Gasteiger partial charge < -0.3 is 25.0 Å². The van der Waals surface area contributed by atoms with Crippen molar-refractivity contribution in [3.63, 3.8) is 0 Å². The van der Waals surface area contributed by atoms with Crippen LogP contribution in [0, 0.1) is 0 Å². The Morgan fingerprint density at radius 2 is 1.89 bits per heavy atom. The molecule has 3 heterocycles. The van der Waals surface area contributed by atoms with Crippen LogP contribution >= 0.6 is 0 Å². The van der Waals surface area contributed by atoms with Crippen LogP contribution in [0.15, 0.2) is 47.5 Å². The Bertz CT molecular complexity index is 1280. The Balaban J connectivity index is 1.59. The molecule has 1 atom stereocenters. The molecule has 206 valence electrons. The number of nitrogens with zero attached hydrogens (tertiary/aromatic N) is 3. The summed E-state index contributed by atoms with van der Waals surface area (Å²) < 4.78 is 32.6. The van der Waals surface area contributed by atoms with Crippen LogP contribution < -0.4 is 19.8 Å². The number of aliphatic hydroxyl groups excluding tert-OH is 1. The Morgan fingerprint density at radius 1 is 1.13 bits per heavy atom. The SMILES string of the molecule is CC(C)=C1CCN(c2cc(NS(=O)(=O)CCO)ccc2C(=O)Nc2cccc(N3CCO[C@H](C)C3)n2)CC1. The minimum atomic E-state index is -3.70. The van der Waals surface area contributed by atoms with Gasteiger partial charge in [0.25, 0.3) is 5.91 Å². The summed E-state index contributed by atoms with van der Waals surface area (Å²) >= 11 is 0. The molecule has 0 saturated carbocycles. The van der Waals surface area contributed by atoms with E-state index in [0.29, 0.717) is 29.4 Å². The quantitative estimate of drug-likeness (QED) is 0.434. The standard InChI is InChI=1S/C27H37N5O5S/c1-19(2)21-9-11-31(12-10-21)24-17-22(30-38(35,36)16-14-33)7-8-23(24)27(34)29-25-5-4-6-26(28-25)32-13-15-37-20(3)18-32/h4-8,17,20,30,33H,9-16,18H2,1-3H3,(H,28,29,34)/t20-/m1/s1. The first-order valence-electron chi connectivity index (χ1n) is 13.0. The van der Waals surface area contributed by atoms with Gasteiger partial charge in [0.2, 0.25) is 10.0 Å². The number of aliphatic hydroxyl groups is 1. The van der Waals surface area contributed by atoms with Crippen LogP contribution in [0.5, 0.6) is 0 Å². The Kier molecular flexibility index (Phi) is 8.91. The van der Waals surface area contributed by atoms with E-state index in [4.69, 9.17) is 9.84 Å². The highest BCUT2D eigenvalue weighted by Crippen LogP contribution is 2.31. The molecule has 0 bridgehead atoms. The molecular formula is C27H37N5O5S. The normalized spacial score (nSPS) is 18.3. The number of carbonyl (C=O) groups excluding carboxylic acids is 1. The molecule has 11 heteroatoms. The second-order valence-corrected chi connectivity index (χ2v) is 11.8. The molecule has 38 heavy (non-hydrogen) atoms. The lowest BCUT2D eigenvalue weighted by Crippen LogP contribution is -2.41. The van der Waals surface area contributed by atoms with E-state index in [1.807, 2.05) is 19.1 Å². The maximum absolute atomic E-state index is 13.5. The lowest BCUT2D eigenvalue weighted by Gasteiger charge is -2.33. The van der Waals surface area contributed by atoms with Crippen LogP contribution in [0.3, 0.4) is 0 Å². The van der Waals surface area contributed by atoms with Crippen LogP contribution in [0.4, 0.5) is 23.0 Å². The molecule has 0 spiro atoms. The number of allylic oxidation sites excluding steroid dienone is 1. The lowest BCUT2D eigenvalue weighted by atomic mass is 9.98. The predicted octanol–water partition coefficient (Wildman–Crippen LogP) is 3.23. The van der Waals surface area contributed by atoms with Gasteiger partial charge in [-0.25, -0.2) is 13.4 Å². The van der Waals surface area contributed by atoms with Crippen molar-refractivity contribution in [1.29, 1.82) is 0 Å². The number of benzene rings is 1. The summed E-state index contributed by atoms with van der Waals surface area (Å²) in [6.07, 6.45) is 1.87. The highest BCUT2D eigenvalue weighted by molar-refractivity contribution is 7.92. The summed E-state index contributed by atoms with van der Waals surface area (Å²) in [5.41, 5.74) is 4.15. The molecule has 1 amide bonds. The van der Waals surface area contributed by atoms with Gasteiger partial charge in [0.15, 0.2) is 0 Å². The molecule has 1 aromatic carbocycles. The molecule has 10 nitrogen and oxygen atoms in total. The van der Waals surface area contributed by atoms with Gasteiger partial charge >= 0.3 is 0 Å². The molecule has 2 aliphatic rings. The molecule has 1 aromatic heterocycles. The van der Waals surface area contributed by atoms with Crippen molar-refractivity contribution in [2.24, 2.45) is 0 Å². The lowest BCUT2D eigenvalue weighted by molar-refractivity contribution is 0.0529. The highest BCUT2D eigenvalue weighted by Gasteiger charge is 2.23. The number of aromatic nitrogens is 1. The monoisotopic (exact) mass is 543 g/mol. The number of rotatable bonds is 8. The molecule has 2 aromatic rings. The Morgan fingerprint density at radius 3 is 2.58 bits per heavy atom. The topological polar surface area (TPSA) is 124 Å². The number of morpholine rings is 1. The number of sulfonamides is 1. The zero-order chi connectivity index (χ0) is 27.3. The summed E-state index contributed by atoms with van der Waals surface area (Å²) in [5.74, 6) is 0.493. The number of nitrogens with one attached hydrogen (secondary N) is 2. The molecular weight excluding hydrogens is 506 g/mol. The number of amides is 1. The highest BCUT2D eigenvalue weighted by atomic mass is 32.2. The van der Waals surface area contributed by atoms with Gasteiger partial charge in [0, 0.05) is 26.2 Å². The molecule has 0 aliphatic carbocycles. The van der Waals surface area contributed by atoms with E-state index in [9.17, 15) is 13.2 Å². The van der Waals surface area contributed by atoms with E-state index >= 15 is 0 Å². The van der Waals surface area contributed by atoms with E-state index in [1.165, 1.54) is 11.1 Å². The fourth-order valence-corrected chi connectivity index (χ4v) is 5.62. The number of pyridine rings is 1. The van der Waals surface area contributed by atoms with Crippen molar-refractivity contribution >= 4 is 38.9 Å². The van der Waals surface area contributed by atoms with Gasteiger partial charge in [0.05, 0.1) is 42.0 Å². The average Bonchev–Trinajstić information content (AvgIpc) is 2.88. The number of carbonyl (C=O) groups is 1. The smallest absolute Gasteiger partial charge is 0.258 e. The molecule has 2 saturated heterocycles. The largest absolute Gasteiger partial charge is 0.395 e. The van der Waals surface area contributed by atoms with E-state index in [1.54, 1.807) is 24.3 Å². The summed E-state index contributed by atoms with van der Waals surface area (Å²) in [5, 5.41) is 12.0. The third kappa shape index (κ3) is 7.03. The number of ether oxygens (including phenoxy) is 1. The van der Waals surface area contributed by atoms with Crippen LogP contribution in [0.25, 0.3) is 0 Å². The second-order valence-electron chi connectivity index (χ2n) is 9.93. The van der Waals surface area contributed by atoms with E-state index in [2.05, 4.69) is 38.7 Å². The third-order valence-corrected chi connectivity index (χ3v) is 8.10. The number of piperidine rings is 1. The first-order chi connectivity index (χ1) is 18.1. The van der Waals surface area contributed by atoms with Gasteiger partial charge in [-0.3, -0.25) is 9.52 Å². The average molecular weight is 544 g/mol. The van der Waals surface area contributed by atoms with Gasteiger partial charge in [-0.05, 0) is 63.9 Å². The zero-order valence-electron chi connectivity index (χ0n) is 22.2. The first-order valence-corrected chi connectivity index (χ1v) is 14.6. The zero-order valence-corrected chi connectivity index (χ0v) is 23.1. The fraction of sp³-hybridized carbons (Fsp3) is 0.481. The van der Waals surface area contributed by atoms with E-state index < -0.39 is 22.4 Å². The van der Waals surface area contributed by atoms with Crippen LogP contribution in [-0.4, -0.2) is 75.7 Å². The van der Waals surface area contributed by atoms with Crippen LogP contribution in [0.2, 0.25) is 0 Å². The summed E-state index contributed by atoms with van der Waals surface area (Å²) in [6.45, 7) is 9.29. The minimum Gasteiger partial charge on any atom is -0.395 e. The predicted molar refractivity (Wildman–Crippen MR) is 151 cm³/mol. The molecule has 0 unspecified atom stereocenters.